The number of ether oxygens (including phenoxy) is 1. The van der Waals surface area contributed by atoms with Gasteiger partial charge in [0.1, 0.15) is 5.82 Å². The van der Waals surface area contributed by atoms with E-state index in [-0.39, 0.29) is 17.8 Å². The summed E-state index contributed by atoms with van der Waals surface area (Å²) in [6.45, 7) is 6.02. The van der Waals surface area contributed by atoms with Crippen molar-refractivity contribution in [3.63, 3.8) is 0 Å². The Morgan fingerprint density at radius 3 is 2.58 bits per heavy atom. The molecule has 4 fully saturated rings. The number of nitrogens with two attached hydrogens (primary N) is 1. The van der Waals surface area contributed by atoms with Crippen molar-refractivity contribution in [1.29, 1.82) is 0 Å². The van der Waals surface area contributed by atoms with Crippen molar-refractivity contribution in [2.75, 3.05) is 32.0 Å². The number of nitrogen functional groups attached to an aromatic ring is 1. The summed E-state index contributed by atoms with van der Waals surface area (Å²) in [6, 6.07) is 11.4. The topological polar surface area (TPSA) is 101 Å². The van der Waals surface area contributed by atoms with Crippen molar-refractivity contribution in [2.24, 2.45) is 5.92 Å². The number of nitrogens with one attached hydrogen (secondary N) is 1. The summed E-state index contributed by atoms with van der Waals surface area (Å²) < 4.78 is 5.56. The maximum atomic E-state index is 13.0. The van der Waals surface area contributed by atoms with Gasteiger partial charge in [0.25, 0.3) is 5.91 Å². The minimum atomic E-state index is -0.629. The van der Waals surface area contributed by atoms with E-state index in [1.807, 2.05) is 13.0 Å². The van der Waals surface area contributed by atoms with Gasteiger partial charge in [-0.3, -0.25) is 9.69 Å². The number of benzene rings is 1. The molecule has 7 nitrogen and oxygen atoms in total. The third-order valence-electron chi connectivity index (χ3n) is 9.23. The van der Waals surface area contributed by atoms with Crippen LogP contribution in [0, 0.1) is 5.92 Å². The highest BCUT2D eigenvalue weighted by atomic mass is 16.5. The maximum absolute atomic E-state index is 13.0. The fraction of sp³-hybridized carbons (Fsp3) is 0.586. The molecule has 0 spiro atoms. The molecule has 3 heterocycles. The molecule has 2 aromatic rings. The Hall–Kier alpha value is -2.48. The first-order valence-corrected chi connectivity index (χ1v) is 13.5. The van der Waals surface area contributed by atoms with Crippen LogP contribution in [0.25, 0.3) is 11.1 Å². The van der Waals surface area contributed by atoms with Crippen molar-refractivity contribution in [3.8, 4) is 11.1 Å². The highest BCUT2D eigenvalue weighted by Gasteiger charge is 2.61. The Kier molecular flexibility index (Phi) is 6.05. The van der Waals surface area contributed by atoms with Gasteiger partial charge in [0, 0.05) is 55.6 Å². The van der Waals surface area contributed by atoms with Gasteiger partial charge in [-0.05, 0) is 75.0 Å². The van der Waals surface area contributed by atoms with Crippen molar-refractivity contribution in [3.05, 3.63) is 47.7 Å². The molecule has 2 saturated carbocycles. The Labute approximate surface area is 213 Å². The lowest BCUT2D eigenvalue weighted by Gasteiger charge is -2.33. The second kappa shape index (κ2) is 9.12. The predicted octanol–water partition coefficient (Wildman–Crippen LogP) is 3.51. The number of fused-ring (bicyclic) bond motifs is 1. The molecule has 2 aliphatic carbocycles. The molecule has 192 valence electrons. The SMILES string of the molecule is C[C@]1(O)CC[C@H](NC(=O)c2cc(-c3ccc([C@@]45C[C@@H]4CN(C4CCOCC4)C5)cc3)cnc2N)CC1. The van der Waals surface area contributed by atoms with Crippen molar-refractivity contribution in [1.82, 2.24) is 15.2 Å². The lowest BCUT2D eigenvalue weighted by Crippen LogP contribution is -2.42. The van der Waals surface area contributed by atoms with Gasteiger partial charge >= 0.3 is 0 Å². The standard InChI is InChI=1S/C29H38N4O3/c1-28(35)10-6-23(7-11-28)32-27(34)25-14-20(16-31-26(25)30)19-2-4-21(5-3-19)29-15-22(29)17-33(18-29)24-8-12-36-13-9-24/h2-5,14,16,22-24,35H,6-13,15,17-18H2,1H3,(H2,30,31)(H,32,34)/t22-,23-,28-,29+/m1/s1. The van der Waals surface area contributed by atoms with Crippen molar-refractivity contribution < 1.29 is 14.6 Å². The van der Waals surface area contributed by atoms with E-state index in [1.54, 1.807) is 6.20 Å². The van der Waals surface area contributed by atoms with E-state index in [9.17, 15) is 9.90 Å². The molecule has 0 radical (unpaired) electrons. The largest absolute Gasteiger partial charge is 0.390 e. The summed E-state index contributed by atoms with van der Waals surface area (Å²) in [5.74, 6) is 0.821. The zero-order chi connectivity index (χ0) is 24.9. The van der Waals surface area contributed by atoms with Gasteiger partial charge < -0.3 is 20.9 Å². The summed E-state index contributed by atoms with van der Waals surface area (Å²) in [5, 5.41) is 13.3. The Bertz CT molecular complexity index is 1120. The second-order valence-corrected chi connectivity index (χ2v) is 11.8. The van der Waals surface area contributed by atoms with Crippen LogP contribution in [0.3, 0.4) is 0 Å². The highest BCUT2D eigenvalue weighted by Crippen LogP contribution is 2.59. The molecule has 2 aliphatic heterocycles. The van der Waals surface area contributed by atoms with Gasteiger partial charge in [-0.15, -0.1) is 0 Å². The average molecular weight is 491 g/mol. The Morgan fingerprint density at radius 2 is 1.86 bits per heavy atom. The minimum absolute atomic E-state index is 0.0536. The summed E-state index contributed by atoms with van der Waals surface area (Å²) in [6.07, 6.45) is 8.26. The Balaban J connectivity index is 1.14. The zero-order valence-electron chi connectivity index (χ0n) is 21.2. The number of amides is 1. The van der Waals surface area contributed by atoms with Crippen LogP contribution in [0.2, 0.25) is 0 Å². The normalized spacial score (nSPS) is 32.7. The van der Waals surface area contributed by atoms with Crippen molar-refractivity contribution in [2.45, 2.75) is 75.0 Å². The molecule has 1 aromatic carbocycles. The van der Waals surface area contributed by atoms with Crippen LogP contribution in [-0.2, 0) is 10.2 Å². The summed E-state index contributed by atoms with van der Waals surface area (Å²) in [4.78, 5) is 20.0. The van der Waals surface area contributed by atoms with Gasteiger partial charge in [-0.1, -0.05) is 24.3 Å². The summed E-state index contributed by atoms with van der Waals surface area (Å²) >= 11 is 0. The van der Waals surface area contributed by atoms with Crippen LogP contribution in [0.15, 0.2) is 36.5 Å². The number of carbonyl (C=O) groups is 1. The number of carbonyl (C=O) groups excluding carboxylic acids is 1. The van der Waals surface area contributed by atoms with Crippen LogP contribution in [0.5, 0.6) is 0 Å². The van der Waals surface area contributed by atoms with E-state index >= 15 is 0 Å². The number of pyridine rings is 1. The fourth-order valence-corrected chi connectivity index (χ4v) is 6.75. The van der Waals surface area contributed by atoms with Crippen LogP contribution < -0.4 is 11.1 Å². The lowest BCUT2D eigenvalue weighted by molar-refractivity contribution is 0.0140. The third kappa shape index (κ3) is 4.53. The predicted molar refractivity (Wildman–Crippen MR) is 140 cm³/mol. The van der Waals surface area contributed by atoms with Gasteiger partial charge in [0.2, 0.25) is 0 Å². The zero-order valence-corrected chi connectivity index (χ0v) is 21.2. The molecule has 1 aromatic heterocycles. The number of piperidine rings is 1. The number of aromatic nitrogens is 1. The van der Waals surface area contributed by atoms with E-state index in [2.05, 4.69) is 39.5 Å². The number of aliphatic hydroxyl groups is 1. The number of anilines is 1. The summed E-state index contributed by atoms with van der Waals surface area (Å²) in [7, 11) is 0. The maximum Gasteiger partial charge on any atom is 0.255 e. The fourth-order valence-electron chi connectivity index (χ4n) is 6.75. The molecule has 0 bridgehead atoms. The number of nitrogens with zero attached hydrogens (tertiary/aromatic N) is 2. The van der Waals surface area contributed by atoms with E-state index in [1.165, 1.54) is 18.5 Å². The van der Waals surface area contributed by atoms with Crippen molar-refractivity contribution >= 4 is 11.7 Å². The first-order chi connectivity index (χ1) is 17.3. The number of likely N-dealkylation sites (tertiary alicyclic amines) is 1. The van der Waals surface area contributed by atoms with Gasteiger partial charge in [0.15, 0.2) is 0 Å². The first kappa shape index (κ1) is 23.9. The molecule has 2 saturated heterocycles. The van der Waals surface area contributed by atoms with E-state index in [0.29, 0.717) is 29.9 Å². The Morgan fingerprint density at radius 1 is 1.14 bits per heavy atom. The molecule has 7 heteroatoms. The molecule has 0 unspecified atom stereocenters. The molecule has 4 N–H and O–H groups in total. The van der Waals surface area contributed by atoms with Gasteiger partial charge in [0.05, 0.1) is 11.2 Å². The second-order valence-electron chi connectivity index (χ2n) is 11.8. The molecular formula is C29H38N4O3. The number of hydrogen-bond donors (Lipinski definition) is 3. The monoisotopic (exact) mass is 490 g/mol. The molecule has 6 rings (SSSR count). The molecule has 36 heavy (non-hydrogen) atoms. The number of rotatable bonds is 5. The quantitative estimate of drug-likeness (QED) is 0.593. The van der Waals surface area contributed by atoms with Crippen LogP contribution in [-0.4, -0.2) is 64.9 Å². The van der Waals surface area contributed by atoms with Crippen LogP contribution >= 0.6 is 0 Å². The molecular weight excluding hydrogens is 452 g/mol. The minimum Gasteiger partial charge on any atom is -0.390 e. The molecule has 2 atom stereocenters. The number of hydrogen-bond acceptors (Lipinski definition) is 6. The highest BCUT2D eigenvalue weighted by molar-refractivity contribution is 5.99. The first-order valence-electron chi connectivity index (χ1n) is 13.5. The van der Waals surface area contributed by atoms with Crippen LogP contribution in [0.4, 0.5) is 5.82 Å². The average Bonchev–Trinajstić information content (AvgIpc) is 3.46. The lowest BCUT2D eigenvalue weighted by atomic mass is 9.83. The van der Waals surface area contributed by atoms with E-state index in [4.69, 9.17) is 10.5 Å². The van der Waals surface area contributed by atoms with E-state index < -0.39 is 5.60 Å². The van der Waals surface area contributed by atoms with Crippen LogP contribution in [0.1, 0.15) is 67.8 Å². The summed E-state index contributed by atoms with van der Waals surface area (Å²) in [5.41, 5.74) is 9.56. The smallest absolute Gasteiger partial charge is 0.255 e. The molecule has 4 aliphatic rings. The van der Waals surface area contributed by atoms with Gasteiger partial charge in [-0.25, -0.2) is 4.98 Å². The third-order valence-corrected chi connectivity index (χ3v) is 9.23. The van der Waals surface area contributed by atoms with Gasteiger partial charge in [-0.2, -0.15) is 0 Å². The van der Waals surface area contributed by atoms with E-state index in [0.717, 1.165) is 62.5 Å². The molecule has 1 amide bonds.